The second-order valence-corrected chi connectivity index (χ2v) is 6.20. The summed E-state index contributed by atoms with van der Waals surface area (Å²) < 4.78 is 21.5. The number of nitrogens with zero attached hydrogens (tertiary/aromatic N) is 4. The molecule has 1 aromatic rings. The second kappa shape index (κ2) is 9.29. The van der Waals surface area contributed by atoms with E-state index in [9.17, 15) is 24.6 Å². The average Bonchev–Trinajstić information content (AvgIpc) is 3.04. The minimum atomic E-state index is -5.32. The first-order valence-electron chi connectivity index (χ1n) is 6.72. The van der Waals surface area contributed by atoms with Crippen LogP contribution in [0.5, 0.6) is 0 Å². The maximum Gasteiger partial charge on any atom is 1.00 e. The van der Waals surface area contributed by atoms with Crippen LogP contribution in [-0.4, -0.2) is 61.5 Å². The molecule has 5 N–H and O–H groups in total. The van der Waals surface area contributed by atoms with Crippen molar-refractivity contribution in [3.63, 3.8) is 0 Å². The minimum absolute atomic E-state index is 0. The van der Waals surface area contributed by atoms with Crippen molar-refractivity contribution < 1.29 is 98.1 Å². The van der Waals surface area contributed by atoms with Crippen LogP contribution in [-0.2, 0) is 13.9 Å². The van der Waals surface area contributed by atoms with Crippen LogP contribution in [0.4, 0.5) is 0 Å². The van der Waals surface area contributed by atoms with Gasteiger partial charge in [-0.1, -0.05) is 0 Å². The van der Waals surface area contributed by atoms with Crippen molar-refractivity contribution in [1.82, 2.24) is 14.6 Å². The van der Waals surface area contributed by atoms with E-state index in [1.54, 1.807) is 0 Å². The van der Waals surface area contributed by atoms with Gasteiger partial charge in [0.15, 0.2) is 17.5 Å². The standard InChI is InChI=1S/C10H16N5O8P.2Na/c11-8-5-9(13-3-15(8)23-24(19,20)21)14(2-12-5)10-7(18)6(17)4(1-16)22-10;;/h2,4,6-7,10,16-18H,1,3,11H2,(H2,19,20,21);;/q;2*+1/p-2/t4-,6-,7-,10-;;/m1../s1. The Balaban J connectivity index is 0.00000169. The molecule has 0 bridgehead atoms. The molecule has 26 heavy (non-hydrogen) atoms. The van der Waals surface area contributed by atoms with Crippen molar-refractivity contribution in [1.29, 1.82) is 0 Å². The Morgan fingerprint density at radius 2 is 2.04 bits per heavy atom. The molecule has 0 aliphatic carbocycles. The number of aliphatic hydroxyl groups is 3. The number of rotatable bonds is 4. The Hall–Kier alpha value is 0.430. The van der Waals surface area contributed by atoms with Crippen LogP contribution in [0.25, 0.3) is 5.82 Å². The van der Waals surface area contributed by atoms with Crippen LogP contribution in [0.3, 0.4) is 0 Å². The van der Waals surface area contributed by atoms with E-state index in [1.165, 1.54) is 10.9 Å². The van der Waals surface area contributed by atoms with Crippen molar-refractivity contribution in [3.8, 4) is 0 Å². The molecule has 1 saturated heterocycles. The molecule has 3 heterocycles. The van der Waals surface area contributed by atoms with E-state index in [1.807, 2.05) is 0 Å². The van der Waals surface area contributed by atoms with Gasteiger partial charge in [0, 0.05) is 0 Å². The molecule has 0 radical (unpaired) electrons. The van der Waals surface area contributed by atoms with Gasteiger partial charge in [-0.05, 0) is 0 Å². The van der Waals surface area contributed by atoms with Crippen LogP contribution in [0.15, 0.2) is 11.3 Å². The van der Waals surface area contributed by atoms with Gasteiger partial charge < -0.3 is 40.1 Å². The van der Waals surface area contributed by atoms with E-state index in [2.05, 4.69) is 14.6 Å². The number of ether oxygens (including phenoxy) is 1. The molecule has 1 aromatic heterocycles. The first-order chi connectivity index (χ1) is 11.2. The van der Waals surface area contributed by atoms with Crippen molar-refractivity contribution in [2.24, 2.45) is 10.7 Å². The molecule has 2 aliphatic heterocycles. The fourth-order valence-corrected chi connectivity index (χ4v) is 2.88. The van der Waals surface area contributed by atoms with Gasteiger partial charge in [0.1, 0.15) is 30.3 Å². The number of hydroxylamine groups is 2. The molecule has 13 nitrogen and oxygen atoms in total. The molecule has 1 fully saturated rings. The number of nitrogens with two attached hydrogens (primary N) is 1. The van der Waals surface area contributed by atoms with Crippen molar-refractivity contribution in [3.05, 3.63) is 17.2 Å². The monoisotopic (exact) mass is 409 g/mol. The summed E-state index contributed by atoms with van der Waals surface area (Å²) in [5.74, 6) is -0.266. The Labute approximate surface area is 190 Å². The van der Waals surface area contributed by atoms with E-state index in [0.29, 0.717) is 5.06 Å². The fraction of sp³-hybridized carbons (Fsp3) is 0.600. The van der Waals surface area contributed by atoms with E-state index < -0.39 is 45.6 Å². The molecule has 0 amide bonds. The van der Waals surface area contributed by atoms with Crippen LogP contribution in [0.2, 0.25) is 0 Å². The van der Waals surface area contributed by atoms with Gasteiger partial charge in [0.05, 0.1) is 20.8 Å². The number of hydrogen-bond donors (Lipinski definition) is 4. The SMILES string of the molecule is NC1=c2ncn([C@@H]3O[C@H](CO)[C@@H](O)[C@H]3O)c2=NCN1OP(=O)([O-])[O-].[Na+].[Na+]. The number of aromatic nitrogens is 2. The third-order valence-electron chi connectivity index (χ3n) is 3.62. The quantitative estimate of drug-likeness (QED) is 0.272. The summed E-state index contributed by atoms with van der Waals surface area (Å²) in [6, 6.07) is 0. The van der Waals surface area contributed by atoms with E-state index in [0.717, 1.165) is 0 Å². The van der Waals surface area contributed by atoms with Crippen LogP contribution in [0, 0.1) is 0 Å². The van der Waals surface area contributed by atoms with Crippen LogP contribution in [0.1, 0.15) is 6.23 Å². The molecule has 0 saturated carbocycles. The van der Waals surface area contributed by atoms with Crippen molar-refractivity contribution in [2.45, 2.75) is 24.5 Å². The summed E-state index contributed by atoms with van der Waals surface area (Å²) in [6.45, 7) is -0.908. The smallest absolute Gasteiger partial charge is 0.788 e. The first-order valence-corrected chi connectivity index (χ1v) is 8.18. The molecule has 0 aromatic carbocycles. The van der Waals surface area contributed by atoms with Crippen molar-refractivity contribution >= 4 is 13.6 Å². The predicted octanol–water partition coefficient (Wildman–Crippen LogP) is -11.8. The normalized spacial score (nSPS) is 28.0. The van der Waals surface area contributed by atoms with Gasteiger partial charge >= 0.3 is 59.1 Å². The van der Waals surface area contributed by atoms with E-state index in [-0.39, 0.29) is 75.8 Å². The van der Waals surface area contributed by atoms with Gasteiger partial charge in [0.25, 0.3) is 0 Å². The molecule has 0 spiro atoms. The van der Waals surface area contributed by atoms with E-state index in [4.69, 9.17) is 15.6 Å². The summed E-state index contributed by atoms with van der Waals surface area (Å²) in [5.41, 5.74) is 5.85. The first kappa shape index (κ1) is 24.5. The number of imidazole rings is 1. The summed E-state index contributed by atoms with van der Waals surface area (Å²) in [5, 5.41) is 29.5. The zero-order valence-electron chi connectivity index (χ0n) is 14.0. The average molecular weight is 409 g/mol. The Morgan fingerprint density at radius 3 is 2.58 bits per heavy atom. The summed E-state index contributed by atoms with van der Waals surface area (Å²) in [7, 11) is -5.32. The Kier molecular flexibility index (Phi) is 8.74. The molecule has 2 aliphatic rings. The molecule has 0 unspecified atom stereocenters. The molecule has 4 atom stereocenters. The van der Waals surface area contributed by atoms with E-state index >= 15 is 0 Å². The molecular formula is C10H14N5Na2O8P. The summed E-state index contributed by atoms with van der Waals surface area (Å²) in [4.78, 5) is 29.3. The Bertz CT molecular complexity index is 802. The topological polar surface area (TPSA) is 202 Å². The van der Waals surface area contributed by atoms with Gasteiger partial charge in [0.2, 0.25) is 0 Å². The predicted molar refractivity (Wildman–Crippen MR) is 69.0 cm³/mol. The maximum atomic E-state index is 10.7. The third kappa shape index (κ3) is 4.70. The van der Waals surface area contributed by atoms with Gasteiger partial charge in [-0.2, -0.15) is 0 Å². The third-order valence-corrected chi connectivity index (χ3v) is 4.01. The van der Waals surface area contributed by atoms with Crippen LogP contribution >= 0.6 is 7.82 Å². The van der Waals surface area contributed by atoms with Gasteiger partial charge in [-0.25, -0.2) is 19.7 Å². The van der Waals surface area contributed by atoms with Crippen LogP contribution < -0.4 is 85.5 Å². The largest absolute Gasteiger partial charge is 1.00 e. The number of aliphatic hydroxyl groups excluding tert-OH is 3. The fourth-order valence-electron chi connectivity index (χ4n) is 2.50. The minimum Gasteiger partial charge on any atom is -0.788 e. The number of phosphoric acid groups is 1. The molecule has 16 heteroatoms. The number of hydrogen-bond acceptors (Lipinski definition) is 12. The summed E-state index contributed by atoms with van der Waals surface area (Å²) in [6.07, 6.45) is -3.52. The molecule has 3 rings (SSSR count). The van der Waals surface area contributed by atoms with Gasteiger partial charge in [-0.3, -0.25) is 4.57 Å². The zero-order valence-corrected chi connectivity index (χ0v) is 18.9. The van der Waals surface area contributed by atoms with Crippen molar-refractivity contribution in [2.75, 3.05) is 13.3 Å². The number of fused-ring (bicyclic) bond motifs is 1. The summed E-state index contributed by atoms with van der Waals surface area (Å²) >= 11 is 0. The zero-order chi connectivity index (χ0) is 17.6. The van der Waals surface area contributed by atoms with Gasteiger partial charge in [-0.15, -0.1) is 0 Å². The maximum absolute atomic E-state index is 10.7. The Morgan fingerprint density at radius 1 is 1.38 bits per heavy atom. The molecular weight excluding hydrogens is 395 g/mol. The molecule has 134 valence electrons. The second-order valence-electron chi connectivity index (χ2n) is 5.15.